The normalized spacial score (nSPS) is 15.6. The van der Waals surface area contributed by atoms with Crippen molar-refractivity contribution in [2.45, 2.75) is 32.4 Å². The van der Waals surface area contributed by atoms with Gasteiger partial charge in [-0.25, -0.2) is 9.59 Å². The number of carbonyl (C=O) groups is 2. The van der Waals surface area contributed by atoms with Gasteiger partial charge in [0, 0.05) is 0 Å². The van der Waals surface area contributed by atoms with Crippen LogP contribution in [-0.4, -0.2) is 18.6 Å². The third-order valence-electron chi connectivity index (χ3n) is 4.00. The lowest BCUT2D eigenvalue weighted by molar-refractivity contribution is 0.0488. The van der Waals surface area contributed by atoms with Gasteiger partial charge >= 0.3 is 12.0 Å². The zero-order valence-corrected chi connectivity index (χ0v) is 13.5. The molecule has 1 aliphatic rings. The van der Waals surface area contributed by atoms with Gasteiger partial charge in [0.2, 0.25) is 5.76 Å². The first-order chi connectivity index (χ1) is 11.7. The SMILES string of the molecule is CCOC(=O)c1ccc(CNC(=O)N[C@@H]2CCc3ccccc32)o1. The van der Waals surface area contributed by atoms with Crippen molar-refractivity contribution in [2.24, 2.45) is 0 Å². The van der Waals surface area contributed by atoms with Gasteiger partial charge in [0.1, 0.15) is 5.76 Å². The summed E-state index contributed by atoms with van der Waals surface area (Å²) >= 11 is 0. The van der Waals surface area contributed by atoms with Crippen molar-refractivity contribution >= 4 is 12.0 Å². The Hall–Kier alpha value is -2.76. The minimum atomic E-state index is -0.504. The molecule has 24 heavy (non-hydrogen) atoms. The predicted octanol–water partition coefficient (Wildman–Crippen LogP) is 2.94. The molecular formula is C18H20N2O4. The highest BCUT2D eigenvalue weighted by Crippen LogP contribution is 2.30. The zero-order valence-electron chi connectivity index (χ0n) is 13.5. The van der Waals surface area contributed by atoms with Crippen molar-refractivity contribution in [2.75, 3.05) is 6.61 Å². The van der Waals surface area contributed by atoms with Crippen LogP contribution in [-0.2, 0) is 17.7 Å². The Kier molecular flexibility index (Phi) is 4.84. The Balaban J connectivity index is 1.51. The molecule has 2 N–H and O–H groups in total. The number of esters is 1. The first-order valence-corrected chi connectivity index (χ1v) is 8.05. The first-order valence-electron chi connectivity index (χ1n) is 8.05. The summed E-state index contributed by atoms with van der Waals surface area (Å²) in [6.45, 7) is 2.23. The monoisotopic (exact) mass is 328 g/mol. The highest BCUT2D eigenvalue weighted by molar-refractivity contribution is 5.86. The lowest BCUT2D eigenvalue weighted by Gasteiger charge is -2.14. The van der Waals surface area contributed by atoms with Crippen LogP contribution in [0.4, 0.5) is 4.79 Å². The van der Waals surface area contributed by atoms with Gasteiger partial charge < -0.3 is 19.8 Å². The van der Waals surface area contributed by atoms with E-state index in [9.17, 15) is 9.59 Å². The van der Waals surface area contributed by atoms with E-state index in [0.29, 0.717) is 12.4 Å². The Morgan fingerprint density at radius 3 is 2.92 bits per heavy atom. The Labute approximate surface area is 140 Å². The summed E-state index contributed by atoms with van der Waals surface area (Å²) in [7, 11) is 0. The van der Waals surface area contributed by atoms with Crippen molar-refractivity contribution in [1.82, 2.24) is 10.6 Å². The molecule has 6 nitrogen and oxygen atoms in total. The standard InChI is InChI=1S/C18H20N2O4/c1-2-23-17(21)16-10-8-13(24-16)11-19-18(22)20-15-9-7-12-5-3-4-6-14(12)15/h3-6,8,10,15H,2,7,9,11H2,1H3,(H2,19,20,22)/t15-/m1/s1. The summed E-state index contributed by atoms with van der Waals surface area (Å²) in [6, 6.07) is 11.1. The van der Waals surface area contributed by atoms with Crippen molar-refractivity contribution in [3.05, 3.63) is 59.0 Å². The number of hydrogen-bond acceptors (Lipinski definition) is 4. The van der Waals surface area contributed by atoms with E-state index in [-0.39, 0.29) is 24.4 Å². The second-order valence-corrected chi connectivity index (χ2v) is 5.60. The average molecular weight is 328 g/mol. The summed E-state index contributed by atoms with van der Waals surface area (Å²) < 4.78 is 10.2. The largest absolute Gasteiger partial charge is 0.460 e. The van der Waals surface area contributed by atoms with Crippen LogP contribution >= 0.6 is 0 Å². The van der Waals surface area contributed by atoms with Crippen LogP contribution in [0.2, 0.25) is 0 Å². The van der Waals surface area contributed by atoms with Crippen LogP contribution in [0.1, 0.15) is 46.8 Å². The molecule has 1 aromatic heterocycles. The maximum absolute atomic E-state index is 12.1. The van der Waals surface area contributed by atoms with E-state index in [0.717, 1.165) is 12.8 Å². The molecule has 6 heteroatoms. The number of aryl methyl sites for hydroxylation is 1. The zero-order chi connectivity index (χ0) is 16.9. The van der Waals surface area contributed by atoms with Crippen LogP contribution < -0.4 is 10.6 Å². The van der Waals surface area contributed by atoms with Crippen molar-refractivity contribution in [3.63, 3.8) is 0 Å². The lowest BCUT2D eigenvalue weighted by atomic mass is 10.1. The second kappa shape index (κ2) is 7.21. The molecule has 2 aromatic rings. The quantitative estimate of drug-likeness (QED) is 0.827. The van der Waals surface area contributed by atoms with E-state index in [4.69, 9.17) is 9.15 Å². The van der Waals surface area contributed by atoms with Gasteiger partial charge in [0.05, 0.1) is 19.2 Å². The second-order valence-electron chi connectivity index (χ2n) is 5.60. The molecule has 1 aliphatic carbocycles. The number of rotatable bonds is 5. The number of amides is 2. The highest BCUT2D eigenvalue weighted by Gasteiger charge is 2.23. The van der Waals surface area contributed by atoms with Crippen molar-refractivity contribution in [3.8, 4) is 0 Å². The first kappa shape index (κ1) is 16.1. The van der Waals surface area contributed by atoms with E-state index in [1.54, 1.807) is 19.1 Å². The van der Waals surface area contributed by atoms with E-state index in [1.165, 1.54) is 11.1 Å². The smallest absolute Gasteiger partial charge is 0.374 e. The molecule has 0 radical (unpaired) electrons. The van der Waals surface area contributed by atoms with Gasteiger partial charge in [-0.1, -0.05) is 24.3 Å². The van der Waals surface area contributed by atoms with Gasteiger partial charge in [0.25, 0.3) is 0 Å². The van der Waals surface area contributed by atoms with Crippen molar-refractivity contribution < 1.29 is 18.7 Å². The van der Waals surface area contributed by atoms with E-state index < -0.39 is 5.97 Å². The fourth-order valence-corrected chi connectivity index (χ4v) is 2.87. The fraction of sp³-hybridized carbons (Fsp3) is 0.333. The lowest BCUT2D eigenvalue weighted by Crippen LogP contribution is -2.36. The molecule has 1 atom stereocenters. The average Bonchev–Trinajstić information content (AvgIpc) is 3.21. The van der Waals surface area contributed by atoms with Crippen LogP contribution in [0.25, 0.3) is 0 Å². The van der Waals surface area contributed by atoms with Gasteiger partial charge in [-0.05, 0) is 43.0 Å². The summed E-state index contributed by atoms with van der Waals surface area (Å²) in [5.74, 6) is 0.134. The minimum absolute atomic E-state index is 0.0351. The molecule has 0 fully saturated rings. The van der Waals surface area contributed by atoms with Crippen LogP contribution in [0.3, 0.4) is 0 Å². The van der Waals surface area contributed by atoms with Gasteiger partial charge in [-0.15, -0.1) is 0 Å². The molecule has 0 spiro atoms. The number of furan rings is 1. The maximum Gasteiger partial charge on any atom is 0.374 e. The van der Waals surface area contributed by atoms with Crippen LogP contribution in [0.15, 0.2) is 40.8 Å². The number of urea groups is 1. The molecule has 0 saturated heterocycles. The number of fused-ring (bicyclic) bond motifs is 1. The van der Waals surface area contributed by atoms with Crippen LogP contribution in [0.5, 0.6) is 0 Å². The summed E-state index contributed by atoms with van der Waals surface area (Å²) in [5, 5.41) is 5.72. The fourth-order valence-electron chi connectivity index (χ4n) is 2.87. The third-order valence-corrected chi connectivity index (χ3v) is 4.00. The number of nitrogens with one attached hydrogen (secondary N) is 2. The number of hydrogen-bond donors (Lipinski definition) is 2. The molecular weight excluding hydrogens is 308 g/mol. The maximum atomic E-state index is 12.1. The number of carbonyl (C=O) groups excluding carboxylic acids is 2. The summed E-state index contributed by atoms with van der Waals surface area (Å²) in [6.07, 6.45) is 1.88. The predicted molar refractivity (Wildman–Crippen MR) is 87.5 cm³/mol. The molecule has 2 amide bonds. The topological polar surface area (TPSA) is 80.6 Å². The highest BCUT2D eigenvalue weighted by atomic mass is 16.5. The van der Waals surface area contributed by atoms with Gasteiger partial charge in [-0.2, -0.15) is 0 Å². The van der Waals surface area contributed by atoms with Gasteiger partial charge in [0.15, 0.2) is 0 Å². The molecule has 126 valence electrons. The van der Waals surface area contributed by atoms with E-state index in [1.807, 2.05) is 18.2 Å². The van der Waals surface area contributed by atoms with E-state index >= 15 is 0 Å². The molecule has 0 saturated carbocycles. The molecule has 1 heterocycles. The third kappa shape index (κ3) is 3.59. The van der Waals surface area contributed by atoms with Gasteiger partial charge in [-0.3, -0.25) is 0 Å². The molecule has 0 bridgehead atoms. The molecule has 3 rings (SSSR count). The van der Waals surface area contributed by atoms with Crippen molar-refractivity contribution in [1.29, 1.82) is 0 Å². The minimum Gasteiger partial charge on any atom is -0.460 e. The molecule has 0 aliphatic heterocycles. The summed E-state index contributed by atoms with van der Waals surface area (Å²) in [4.78, 5) is 23.6. The molecule has 1 aromatic carbocycles. The Morgan fingerprint density at radius 1 is 1.25 bits per heavy atom. The summed E-state index contributed by atoms with van der Waals surface area (Å²) in [5.41, 5.74) is 2.46. The van der Waals surface area contributed by atoms with Crippen LogP contribution in [0, 0.1) is 0 Å². The Morgan fingerprint density at radius 2 is 2.08 bits per heavy atom. The molecule has 0 unspecified atom stereocenters. The Bertz CT molecular complexity index is 738. The van der Waals surface area contributed by atoms with E-state index in [2.05, 4.69) is 16.7 Å². The number of ether oxygens (including phenoxy) is 1. The number of benzene rings is 1.